The van der Waals surface area contributed by atoms with Crippen LogP contribution in [0.25, 0.3) is 11.1 Å². The van der Waals surface area contributed by atoms with Gasteiger partial charge in [0, 0.05) is 69.0 Å². The van der Waals surface area contributed by atoms with E-state index >= 15 is 0 Å². The Morgan fingerprint density at radius 2 is 1.94 bits per heavy atom. The van der Waals surface area contributed by atoms with E-state index in [1.54, 1.807) is 12.4 Å². The molecule has 1 atom stereocenters. The van der Waals surface area contributed by atoms with Gasteiger partial charge < -0.3 is 14.4 Å². The largest absolute Gasteiger partial charge is 0.491 e. The number of hydrogen-bond donors (Lipinski definition) is 0. The van der Waals surface area contributed by atoms with Crippen molar-refractivity contribution < 1.29 is 9.47 Å². The van der Waals surface area contributed by atoms with E-state index in [1.807, 2.05) is 51.2 Å². The Hall–Kier alpha value is -3.10. The molecule has 0 aliphatic carbocycles. The number of para-hydroxylation sites is 1. The Balaban J connectivity index is 1.60. The molecular weight excluding hydrogens is 404 g/mol. The molecule has 168 valence electrons. The minimum absolute atomic E-state index is 0.134. The Bertz CT molecular complexity index is 1030. The normalized spacial score (nSPS) is 16.8. The van der Waals surface area contributed by atoms with Gasteiger partial charge >= 0.3 is 0 Å². The van der Waals surface area contributed by atoms with E-state index in [4.69, 9.17) is 14.5 Å². The Kier molecular flexibility index (Phi) is 6.92. The van der Waals surface area contributed by atoms with Gasteiger partial charge in [-0.25, -0.2) is 19.9 Å². The molecule has 1 aliphatic heterocycles. The number of ether oxygens (including phenoxy) is 2. The maximum atomic E-state index is 6.20. The summed E-state index contributed by atoms with van der Waals surface area (Å²) in [6.45, 7) is 7.09. The molecule has 0 spiro atoms. The molecule has 8 heteroatoms. The first-order valence-corrected chi connectivity index (χ1v) is 10.9. The van der Waals surface area contributed by atoms with Gasteiger partial charge in [0.2, 0.25) is 5.95 Å². The number of nitrogens with zero attached hydrogens (tertiary/aromatic N) is 6. The SMILES string of the molecule is CC(C)Oc1ccccc1CN1CCO[C@H](c2nc(N(C)C)ncc2-c2cncnc2)C1. The zero-order valence-electron chi connectivity index (χ0n) is 19.1. The molecule has 8 nitrogen and oxygen atoms in total. The Labute approximate surface area is 189 Å². The lowest BCUT2D eigenvalue weighted by molar-refractivity contribution is -0.0349. The minimum atomic E-state index is -0.182. The lowest BCUT2D eigenvalue weighted by Crippen LogP contribution is -2.38. The highest BCUT2D eigenvalue weighted by Crippen LogP contribution is 2.32. The number of benzene rings is 1. The zero-order valence-corrected chi connectivity index (χ0v) is 19.1. The van der Waals surface area contributed by atoms with E-state index in [0.717, 1.165) is 42.2 Å². The van der Waals surface area contributed by atoms with Crippen LogP contribution in [0, 0.1) is 0 Å². The van der Waals surface area contributed by atoms with Crippen LogP contribution in [0.1, 0.15) is 31.2 Å². The van der Waals surface area contributed by atoms with E-state index in [2.05, 4.69) is 32.0 Å². The second kappa shape index (κ2) is 10.0. The highest BCUT2D eigenvalue weighted by molar-refractivity contribution is 5.64. The highest BCUT2D eigenvalue weighted by atomic mass is 16.5. The maximum Gasteiger partial charge on any atom is 0.225 e. The molecule has 0 saturated carbocycles. The smallest absolute Gasteiger partial charge is 0.225 e. The van der Waals surface area contributed by atoms with E-state index < -0.39 is 0 Å². The van der Waals surface area contributed by atoms with Gasteiger partial charge in [-0.1, -0.05) is 18.2 Å². The molecule has 0 radical (unpaired) electrons. The number of hydrogen-bond acceptors (Lipinski definition) is 8. The van der Waals surface area contributed by atoms with E-state index in [1.165, 1.54) is 11.9 Å². The highest BCUT2D eigenvalue weighted by Gasteiger charge is 2.27. The summed E-state index contributed by atoms with van der Waals surface area (Å²) in [5.74, 6) is 1.58. The summed E-state index contributed by atoms with van der Waals surface area (Å²) in [7, 11) is 3.87. The van der Waals surface area contributed by atoms with Crippen molar-refractivity contribution in [2.24, 2.45) is 0 Å². The standard InChI is InChI=1S/C24H30N6O2/c1-17(2)32-21-8-6-5-7-18(21)14-30-9-10-31-22(15-30)23-20(19-11-25-16-26-12-19)13-27-24(28-23)29(3)4/h5-8,11-13,16-17,22H,9-10,14-15H2,1-4H3/t22-/m0/s1. The van der Waals surface area contributed by atoms with Crippen molar-refractivity contribution in [1.82, 2.24) is 24.8 Å². The predicted molar refractivity (Wildman–Crippen MR) is 124 cm³/mol. The van der Waals surface area contributed by atoms with E-state index in [0.29, 0.717) is 12.6 Å². The summed E-state index contributed by atoms with van der Waals surface area (Å²) >= 11 is 0. The molecule has 3 heterocycles. The third-order valence-corrected chi connectivity index (χ3v) is 5.26. The van der Waals surface area contributed by atoms with Gasteiger partial charge in [0.15, 0.2) is 0 Å². The van der Waals surface area contributed by atoms with Crippen molar-refractivity contribution in [2.45, 2.75) is 32.6 Å². The van der Waals surface area contributed by atoms with Crippen molar-refractivity contribution in [3.05, 3.63) is 60.4 Å². The van der Waals surface area contributed by atoms with Gasteiger partial charge in [-0.2, -0.15) is 0 Å². The van der Waals surface area contributed by atoms with Crippen molar-refractivity contribution >= 4 is 5.95 Å². The molecule has 0 unspecified atom stereocenters. The maximum absolute atomic E-state index is 6.20. The number of morpholine rings is 1. The molecule has 1 fully saturated rings. The second-order valence-electron chi connectivity index (χ2n) is 8.36. The summed E-state index contributed by atoms with van der Waals surface area (Å²) in [5.41, 5.74) is 3.81. The van der Waals surface area contributed by atoms with Crippen LogP contribution < -0.4 is 9.64 Å². The first-order valence-electron chi connectivity index (χ1n) is 10.9. The van der Waals surface area contributed by atoms with Gasteiger partial charge in [0.25, 0.3) is 0 Å². The van der Waals surface area contributed by atoms with Crippen LogP contribution in [-0.4, -0.2) is 64.7 Å². The summed E-state index contributed by atoms with van der Waals surface area (Å²) in [6.07, 6.45) is 6.88. The van der Waals surface area contributed by atoms with Crippen molar-refractivity contribution in [3.63, 3.8) is 0 Å². The quantitative estimate of drug-likeness (QED) is 0.560. The van der Waals surface area contributed by atoms with Crippen LogP contribution >= 0.6 is 0 Å². The fourth-order valence-corrected chi connectivity index (χ4v) is 3.76. The molecule has 1 saturated heterocycles. The van der Waals surface area contributed by atoms with Crippen LogP contribution in [0.3, 0.4) is 0 Å². The third kappa shape index (κ3) is 5.20. The van der Waals surface area contributed by atoms with Crippen molar-refractivity contribution in [2.75, 3.05) is 38.7 Å². The Morgan fingerprint density at radius 3 is 2.69 bits per heavy atom. The van der Waals surface area contributed by atoms with Crippen molar-refractivity contribution in [3.8, 4) is 16.9 Å². The first-order chi connectivity index (χ1) is 15.5. The van der Waals surface area contributed by atoms with Crippen LogP contribution in [-0.2, 0) is 11.3 Å². The zero-order chi connectivity index (χ0) is 22.5. The molecule has 2 aromatic heterocycles. The fraction of sp³-hybridized carbons (Fsp3) is 0.417. The second-order valence-corrected chi connectivity index (χ2v) is 8.36. The number of rotatable bonds is 7. The molecule has 1 aliphatic rings. The van der Waals surface area contributed by atoms with Gasteiger partial charge in [-0.15, -0.1) is 0 Å². The van der Waals surface area contributed by atoms with Crippen LogP contribution in [0.4, 0.5) is 5.95 Å². The summed E-state index contributed by atoms with van der Waals surface area (Å²) < 4.78 is 12.2. The molecule has 0 amide bonds. The third-order valence-electron chi connectivity index (χ3n) is 5.26. The van der Waals surface area contributed by atoms with Gasteiger partial charge in [-0.05, 0) is 19.9 Å². The molecule has 3 aromatic rings. The summed E-state index contributed by atoms with van der Waals surface area (Å²) in [6, 6.07) is 8.24. The van der Waals surface area contributed by atoms with Crippen LogP contribution in [0.15, 0.2) is 49.2 Å². The first kappa shape index (κ1) is 22.1. The van der Waals surface area contributed by atoms with E-state index in [-0.39, 0.29) is 12.2 Å². The van der Waals surface area contributed by atoms with Crippen molar-refractivity contribution in [1.29, 1.82) is 0 Å². The lowest BCUT2D eigenvalue weighted by Gasteiger charge is -2.34. The average molecular weight is 435 g/mol. The molecule has 0 bridgehead atoms. The van der Waals surface area contributed by atoms with E-state index in [9.17, 15) is 0 Å². The molecule has 32 heavy (non-hydrogen) atoms. The van der Waals surface area contributed by atoms with Crippen LogP contribution in [0.5, 0.6) is 5.75 Å². The summed E-state index contributed by atoms with van der Waals surface area (Å²) in [4.78, 5) is 22.0. The lowest BCUT2D eigenvalue weighted by atomic mass is 10.0. The summed E-state index contributed by atoms with van der Waals surface area (Å²) in [5, 5.41) is 0. The molecule has 4 rings (SSSR count). The number of anilines is 1. The van der Waals surface area contributed by atoms with Gasteiger partial charge in [-0.3, -0.25) is 4.90 Å². The molecule has 0 N–H and O–H groups in total. The minimum Gasteiger partial charge on any atom is -0.491 e. The molecular formula is C24H30N6O2. The monoisotopic (exact) mass is 434 g/mol. The van der Waals surface area contributed by atoms with Crippen LogP contribution in [0.2, 0.25) is 0 Å². The fourth-order valence-electron chi connectivity index (χ4n) is 3.76. The van der Waals surface area contributed by atoms with Gasteiger partial charge in [0.05, 0.1) is 18.4 Å². The number of aromatic nitrogens is 4. The van der Waals surface area contributed by atoms with Gasteiger partial charge in [0.1, 0.15) is 18.2 Å². The Morgan fingerprint density at radius 1 is 1.16 bits per heavy atom. The molecule has 1 aromatic carbocycles. The average Bonchev–Trinajstić information content (AvgIpc) is 2.80. The topological polar surface area (TPSA) is 76.5 Å². The predicted octanol–water partition coefficient (Wildman–Crippen LogP) is 3.36.